The van der Waals surface area contributed by atoms with E-state index >= 15 is 0 Å². The molecule has 1 N–H and O–H groups in total. The van der Waals surface area contributed by atoms with E-state index in [0.29, 0.717) is 5.92 Å². The molecule has 0 spiro atoms. The number of carbonyl (C=O) groups excluding carboxylic acids is 1. The highest BCUT2D eigenvalue weighted by Gasteiger charge is 2.23. The molecule has 0 aromatic heterocycles. The van der Waals surface area contributed by atoms with Crippen molar-refractivity contribution >= 4 is 40.9 Å². The zero-order chi connectivity index (χ0) is 13.0. The Morgan fingerprint density at radius 3 is 2.58 bits per heavy atom. The van der Waals surface area contributed by atoms with Crippen LogP contribution in [0.5, 0.6) is 0 Å². The number of hydrogen-bond acceptors (Lipinski definition) is 2. The number of hydrogen-bond donors (Lipinski definition) is 1. The molecule has 0 unspecified atom stereocenters. The van der Waals surface area contributed by atoms with Crippen LogP contribution in [0, 0.1) is 9.49 Å². The fourth-order valence-corrected chi connectivity index (χ4v) is 3.05. The smallest absolute Gasteiger partial charge is 0.254 e. The van der Waals surface area contributed by atoms with Crippen molar-refractivity contribution < 1.29 is 4.79 Å². The van der Waals surface area contributed by atoms with E-state index in [-0.39, 0.29) is 18.3 Å². The molecule has 5 heteroatoms. The van der Waals surface area contributed by atoms with Crippen LogP contribution in [0.25, 0.3) is 0 Å². The number of nitrogens with one attached hydrogen (secondary N) is 1. The van der Waals surface area contributed by atoms with Gasteiger partial charge in [-0.05, 0) is 67.1 Å². The van der Waals surface area contributed by atoms with Crippen LogP contribution >= 0.6 is 35.0 Å². The van der Waals surface area contributed by atoms with Crippen LogP contribution in [0.3, 0.4) is 0 Å². The molecule has 1 aromatic carbocycles. The molecule has 0 saturated carbocycles. The summed E-state index contributed by atoms with van der Waals surface area (Å²) in [5.41, 5.74) is 0.838. The fraction of sp³-hybridized carbons (Fsp3) is 0.500. The molecule has 1 saturated heterocycles. The molecule has 0 atom stereocenters. The van der Waals surface area contributed by atoms with Crippen molar-refractivity contribution in [2.24, 2.45) is 5.92 Å². The minimum Gasteiger partial charge on any atom is -0.339 e. The largest absolute Gasteiger partial charge is 0.339 e. The van der Waals surface area contributed by atoms with Gasteiger partial charge in [0, 0.05) is 16.7 Å². The third-order valence-electron chi connectivity index (χ3n) is 3.50. The fourth-order valence-electron chi connectivity index (χ4n) is 2.43. The SMILES string of the molecule is CNCC1CCN(C(=O)c2ccccc2I)CC1.Cl. The predicted octanol–water partition coefficient (Wildman–Crippen LogP) is 2.78. The van der Waals surface area contributed by atoms with Crippen molar-refractivity contribution in [3.05, 3.63) is 33.4 Å². The Bertz CT molecular complexity index is 420. The molecule has 1 heterocycles. The number of carbonyl (C=O) groups is 1. The van der Waals surface area contributed by atoms with Gasteiger partial charge < -0.3 is 10.2 Å². The van der Waals surface area contributed by atoms with Gasteiger partial charge in [-0.1, -0.05) is 12.1 Å². The van der Waals surface area contributed by atoms with E-state index in [0.717, 1.165) is 41.6 Å². The van der Waals surface area contributed by atoms with Crippen LogP contribution in [0.2, 0.25) is 0 Å². The Labute approximate surface area is 134 Å². The number of nitrogens with zero attached hydrogens (tertiary/aromatic N) is 1. The first kappa shape index (κ1) is 16.7. The summed E-state index contributed by atoms with van der Waals surface area (Å²) in [6, 6.07) is 7.81. The molecule has 106 valence electrons. The summed E-state index contributed by atoms with van der Waals surface area (Å²) < 4.78 is 1.04. The molecular weight excluding hydrogens is 375 g/mol. The molecule has 3 nitrogen and oxygen atoms in total. The first-order valence-corrected chi connectivity index (χ1v) is 7.48. The van der Waals surface area contributed by atoms with Gasteiger partial charge in [0.15, 0.2) is 0 Å². The standard InChI is InChI=1S/C14H19IN2O.ClH/c1-16-10-11-6-8-17(9-7-11)14(18)12-4-2-3-5-13(12)15;/h2-5,11,16H,6-10H2,1H3;1H. The average Bonchev–Trinajstić information content (AvgIpc) is 2.40. The molecule has 1 aliphatic heterocycles. The number of rotatable bonds is 3. The zero-order valence-corrected chi connectivity index (χ0v) is 14.0. The van der Waals surface area contributed by atoms with Gasteiger partial charge in [0.1, 0.15) is 0 Å². The monoisotopic (exact) mass is 394 g/mol. The molecule has 19 heavy (non-hydrogen) atoms. The lowest BCUT2D eigenvalue weighted by Crippen LogP contribution is -2.40. The van der Waals surface area contributed by atoms with Crippen LogP contribution in [-0.2, 0) is 0 Å². The van der Waals surface area contributed by atoms with Crippen molar-refractivity contribution in [1.82, 2.24) is 10.2 Å². The van der Waals surface area contributed by atoms with Crippen molar-refractivity contribution in [2.45, 2.75) is 12.8 Å². The van der Waals surface area contributed by atoms with Crippen LogP contribution in [0.15, 0.2) is 24.3 Å². The summed E-state index contributed by atoms with van der Waals surface area (Å²) in [5.74, 6) is 0.900. The van der Waals surface area contributed by atoms with Crippen molar-refractivity contribution in [2.75, 3.05) is 26.7 Å². The summed E-state index contributed by atoms with van der Waals surface area (Å²) in [6.45, 7) is 2.83. The van der Waals surface area contributed by atoms with Crippen LogP contribution in [0.1, 0.15) is 23.2 Å². The van der Waals surface area contributed by atoms with Crippen LogP contribution in [0.4, 0.5) is 0 Å². The second kappa shape index (κ2) is 8.07. The first-order chi connectivity index (χ1) is 8.72. The summed E-state index contributed by atoms with van der Waals surface area (Å²) in [6.07, 6.45) is 2.21. The average molecular weight is 395 g/mol. The number of halogens is 2. The maximum absolute atomic E-state index is 12.4. The molecule has 0 radical (unpaired) electrons. The first-order valence-electron chi connectivity index (χ1n) is 6.40. The number of likely N-dealkylation sites (tertiary alicyclic amines) is 1. The Morgan fingerprint density at radius 2 is 2.00 bits per heavy atom. The highest BCUT2D eigenvalue weighted by Crippen LogP contribution is 2.20. The number of piperidine rings is 1. The minimum absolute atomic E-state index is 0. The molecular formula is C14H20ClIN2O. The van der Waals surface area contributed by atoms with Gasteiger partial charge in [-0.2, -0.15) is 0 Å². The molecule has 2 rings (SSSR count). The second-order valence-electron chi connectivity index (χ2n) is 4.77. The summed E-state index contributed by atoms with van der Waals surface area (Å²) in [7, 11) is 1.99. The maximum Gasteiger partial charge on any atom is 0.254 e. The molecule has 1 fully saturated rings. The van der Waals surface area contributed by atoms with Crippen molar-refractivity contribution in [1.29, 1.82) is 0 Å². The Morgan fingerprint density at radius 1 is 1.37 bits per heavy atom. The van der Waals surface area contributed by atoms with Crippen molar-refractivity contribution in [3.63, 3.8) is 0 Å². The van der Waals surface area contributed by atoms with Gasteiger partial charge in [-0.15, -0.1) is 12.4 Å². The minimum atomic E-state index is 0. The van der Waals surface area contributed by atoms with Gasteiger partial charge in [0.05, 0.1) is 5.56 Å². The van der Waals surface area contributed by atoms with E-state index in [1.807, 2.05) is 36.2 Å². The normalized spacial score (nSPS) is 16.0. The molecule has 1 aromatic rings. The Hall–Kier alpha value is -0.330. The molecule has 1 aliphatic rings. The van der Waals surface area contributed by atoms with Gasteiger partial charge >= 0.3 is 0 Å². The van der Waals surface area contributed by atoms with Gasteiger partial charge in [0.25, 0.3) is 5.91 Å². The Kier molecular flexibility index (Phi) is 7.10. The van der Waals surface area contributed by atoms with Crippen LogP contribution < -0.4 is 5.32 Å². The Balaban J connectivity index is 0.00000180. The van der Waals surface area contributed by atoms with Gasteiger partial charge in [-0.25, -0.2) is 0 Å². The van der Waals surface area contributed by atoms with Gasteiger partial charge in [-0.3, -0.25) is 4.79 Å². The maximum atomic E-state index is 12.4. The lowest BCUT2D eigenvalue weighted by Gasteiger charge is -2.32. The quantitative estimate of drug-likeness (QED) is 0.800. The van der Waals surface area contributed by atoms with E-state index in [1.54, 1.807) is 0 Å². The summed E-state index contributed by atoms with van der Waals surface area (Å²) >= 11 is 2.23. The number of benzene rings is 1. The van der Waals surface area contributed by atoms with Gasteiger partial charge in [0.2, 0.25) is 0 Å². The molecule has 0 aliphatic carbocycles. The topological polar surface area (TPSA) is 32.3 Å². The zero-order valence-electron chi connectivity index (χ0n) is 11.1. The highest BCUT2D eigenvalue weighted by molar-refractivity contribution is 14.1. The highest BCUT2D eigenvalue weighted by atomic mass is 127. The summed E-state index contributed by atoms with van der Waals surface area (Å²) in [5, 5.41) is 3.22. The molecule has 0 bridgehead atoms. The van der Waals surface area contributed by atoms with E-state index in [4.69, 9.17) is 0 Å². The second-order valence-corrected chi connectivity index (χ2v) is 5.94. The lowest BCUT2D eigenvalue weighted by molar-refractivity contribution is 0.0690. The third-order valence-corrected chi connectivity index (χ3v) is 4.44. The molecule has 1 amide bonds. The van der Waals surface area contributed by atoms with E-state index in [1.165, 1.54) is 0 Å². The van der Waals surface area contributed by atoms with Crippen molar-refractivity contribution in [3.8, 4) is 0 Å². The number of amides is 1. The van der Waals surface area contributed by atoms with Crippen LogP contribution in [-0.4, -0.2) is 37.5 Å². The van der Waals surface area contributed by atoms with E-state index < -0.39 is 0 Å². The van der Waals surface area contributed by atoms with E-state index in [9.17, 15) is 4.79 Å². The lowest BCUT2D eigenvalue weighted by atomic mass is 9.96. The third kappa shape index (κ3) is 4.33. The summed E-state index contributed by atoms with van der Waals surface area (Å²) in [4.78, 5) is 14.4. The predicted molar refractivity (Wildman–Crippen MR) is 89.0 cm³/mol. The van der Waals surface area contributed by atoms with E-state index in [2.05, 4.69) is 27.9 Å².